The minimum absolute atomic E-state index is 0.425. The van der Waals surface area contributed by atoms with Crippen LogP contribution in [0.15, 0.2) is 24.5 Å². The molecular weight excluding hydrogens is 211 g/mol. The zero-order valence-corrected chi connectivity index (χ0v) is 8.02. The highest BCUT2D eigenvalue weighted by Gasteiger charge is 2.30. The van der Waals surface area contributed by atoms with Crippen molar-refractivity contribution in [3.8, 4) is 0 Å². The number of rotatable bonds is 2. The highest BCUT2D eigenvalue weighted by molar-refractivity contribution is 7.80. The van der Waals surface area contributed by atoms with Crippen molar-refractivity contribution in [3.63, 3.8) is 0 Å². The van der Waals surface area contributed by atoms with Gasteiger partial charge in [-0.1, -0.05) is 12.2 Å². The summed E-state index contributed by atoms with van der Waals surface area (Å²) >= 11 is 3.90. The maximum Gasteiger partial charge on any atom is 0.417 e. The summed E-state index contributed by atoms with van der Waals surface area (Å²) in [6.07, 6.45) is 1.04. The highest BCUT2D eigenvalue weighted by Crippen LogP contribution is 2.28. The van der Waals surface area contributed by atoms with Crippen LogP contribution in [0.1, 0.15) is 11.1 Å². The number of pyridine rings is 1. The number of aromatic nitrogens is 1. The molecule has 1 aromatic heterocycles. The standard InChI is InChI=1S/C9H8F3NS/c10-9(11,12)8-4-7(2-1-3-14)5-13-6-8/h1-2,4-6,14H,3H2. The monoisotopic (exact) mass is 219 g/mol. The summed E-state index contributed by atoms with van der Waals surface area (Å²) in [5.74, 6) is 0.482. The minimum atomic E-state index is -4.34. The van der Waals surface area contributed by atoms with Crippen LogP contribution in [-0.4, -0.2) is 10.7 Å². The van der Waals surface area contributed by atoms with E-state index in [0.29, 0.717) is 11.3 Å². The van der Waals surface area contributed by atoms with Crippen LogP contribution >= 0.6 is 12.6 Å². The second kappa shape index (κ2) is 4.50. The zero-order valence-electron chi connectivity index (χ0n) is 7.12. The Balaban J connectivity index is 2.96. The Morgan fingerprint density at radius 2 is 2.07 bits per heavy atom. The first-order valence-corrected chi connectivity index (χ1v) is 4.47. The van der Waals surface area contributed by atoms with Gasteiger partial charge in [0.25, 0.3) is 0 Å². The van der Waals surface area contributed by atoms with Gasteiger partial charge >= 0.3 is 6.18 Å². The van der Waals surface area contributed by atoms with Crippen LogP contribution in [-0.2, 0) is 6.18 Å². The predicted octanol–water partition coefficient (Wildman–Crippen LogP) is 3.04. The van der Waals surface area contributed by atoms with E-state index in [2.05, 4.69) is 17.6 Å². The molecule has 0 unspecified atom stereocenters. The Morgan fingerprint density at radius 3 is 2.64 bits per heavy atom. The smallest absolute Gasteiger partial charge is 0.263 e. The summed E-state index contributed by atoms with van der Waals surface area (Å²) in [5, 5.41) is 0. The van der Waals surface area contributed by atoms with Gasteiger partial charge in [-0.05, 0) is 11.6 Å². The third kappa shape index (κ3) is 3.06. The Morgan fingerprint density at radius 1 is 1.36 bits per heavy atom. The van der Waals surface area contributed by atoms with Gasteiger partial charge in [0.05, 0.1) is 5.56 Å². The largest absolute Gasteiger partial charge is 0.417 e. The number of thiol groups is 1. The van der Waals surface area contributed by atoms with Crippen molar-refractivity contribution < 1.29 is 13.2 Å². The fourth-order valence-electron chi connectivity index (χ4n) is 0.893. The number of hydrogen-bond acceptors (Lipinski definition) is 2. The SMILES string of the molecule is FC(F)(F)c1cncc(C=CCS)c1. The molecule has 0 atom stereocenters. The van der Waals surface area contributed by atoms with Gasteiger partial charge in [-0.25, -0.2) is 0 Å². The number of alkyl halides is 3. The maximum absolute atomic E-state index is 12.2. The van der Waals surface area contributed by atoms with Crippen LogP contribution in [0.5, 0.6) is 0 Å². The molecule has 0 bridgehead atoms. The lowest BCUT2D eigenvalue weighted by atomic mass is 10.2. The number of nitrogens with zero attached hydrogens (tertiary/aromatic N) is 1. The summed E-state index contributed by atoms with van der Waals surface area (Å²) in [6, 6.07) is 1.05. The van der Waals surface area contributed by atoms with Crippen molar-refractivity contribution in [2.75, 3.05) is 5.75 Å². The van der Waals surface area contributed by atoms with E-state index in [4.69, 9.17) is 0 Å². The lowest BCUT2D eigenvalue weighted by Gasteiger charge is -2.05. The average molecular weight is 219 g/mol. The van der Waals surface area contributed by atoms with E-state index >= 15 is 0 Å². The quantitative estimate of drug-likeness (QED) is 0.754. The van der Waals surface area contributed by atoms with Crippen LogP contribution < -0.4 is 0 Å². The summed E-state index contributed by atoms with van der Waals surface area (Å²) in [5.41, 5.74) is -0.312. The molecule has 0 aliphatic rings. The van der Waals surface area contributed by atoms with E-state index in [1.54, 1.807) is 12.2 Å². The molecule has 1 rings (SSSR count). The lowest BCUT2D eigenvalue weighted by Crippen LogP contribution is -2.05. The fraction of sp³-hybridized carbons (Fsp3) is 0.222. The summed E-state index contributed by atoms with van der Waals surface area (Å²) in [6.45, 7) is 0. The molecule has 0 aliphatic heterocycles. The molecule has 0 amide bonds. The highest BCUT2D eigenvalue weighted by atomic mass is 32.1. The minimum Gasteiger partial charge on any atom is -0.263 e. The van der Waals surface area contributed by atoms with E-state index in [9.17, 15) is 13.2 Å². The molecule has 0 fully saturated rings. The molecule has 0 saturated carbocycles. The molecule has 76 valence electrons. The van der Waals surface area contributed by atoms with Crippen molar-refractivity contribution in [1.82, 2.24) is 4.98 Å². The first-order valence-electron chi connectivity index (χ1n) is 3.83. The molecule has 1 heterocycles. The van der Waals surface area contributed by atoms with Gasteiger partial charge in [0.1, 0.15) is 0 Å². The van der Waals surface area contributed by atoms with E-state index < -0.39 is 11.7 Å². The van der Waals surface area contributed by atoms with Crippen LogP contribution in [0.3, 0.4) is 0 Å². The van der Waals surface area contributed by atoms with Gasteiger partial charge in [-0.2, -0.15) is 25.8 Å². The van der Waals surface area contributed by atoms with E-state index in [1.165, 1.54) is 6.20 Å². The van der Waals surface area contributed by atoms with Gasteiger partial charge in [-0.15, -0.1) is 0 Å². The van der Waals surface area contributed by atoms with Crippen LogP contribution in [0, 0.1) is 0 Å². The van der Waals surface area contributed by atoms with Crippen molar-refractivity contribution in [2.45, 2.75) is 6.18 Å². The molecule has 0 radical (unpaired) electrons. The second-order valence-electron chi connectivity index (χ2n) is 2.59. The molecule has 0 spiro atoms. The third-order valence-corrected chi connectivity index (χ3v) is 1.71. The molecule has 1 nitrogen and oxygen atoms in total. The predicted molar refractivity (Wildman–Crippen MR) is 52.1 cm³/mol. The Bertz CT molecular complexity index is 333. The molecule has 0 aromatic carbocycles. The van der Waals surface area contributed by atoms with Gasteiger partial charge in [0.15, 0.2) is 0 Å². The first-order chi connectivity index (χ1) is 6.54. The van der Waals surface area contributed by atoms with Crippen LogP contribution in [0.4, 0.5) is 13.2 Å². The van der Waals surface area contributed by atoms with Crippen molar-refractivity contribution in [2.24, 2.45) is 0 Å². The van der Waals surface area contributed by atoms with Crippen molar-refractivity contribution in [1.29, 1.82) is 0 Å². The van der Waals surface area contributed by atoms with Gasteiger partial charge in [0, 0.05) is 18.1 Å². The molecule has 0 aliphatic carbocycles. The number of halogens is 3. The molecule has 0 saturated heterocycles. The summed E-state index contributed by atoms with van der Waals surface area (Å²) in [4.78, 5) is 3.51. The molecular formula is C9H8F3NS. The number of hydrogen-bond donors (Lipinski definition) is 1. The topological polar surface area (TPSA) is 12.9 Å². The van der Waals surface area contributed by atoms with Crippen molar-refractivity contribution >= 4 is 18.7 Å². The molecule has 5 heteroatoms. The Hall–Kier alpha value is -0.970. The van der Waals surface area contributed by atoms with Gasteiger partial charge < -0.3 is 0 Å². The second-order valence-corrected chi connectivity index (χ2v) is 2.95. The normalized spacial score (nSPS) is 12.3. The van der Waals surface area contributed by atoms with Crippen LogP contribution in [0.25, 0.3) is 6.08 Å². The van der Waals surface area contributed by atoms with E-state index in [0.717, 1.165) is 12.3 Å². The third-order valence-electron chi connectivity index (χ3n) is 1.50. The fourth-order valence-corrected chi connectivity index (χ4v) is 0.998. The van der Waals surface area contributed by atoms with Crippen LogP contribution in [0.2, 0.25) is 0 Å². The molecule has 1 aromatic rings. The maximum atomic E-state index is 12.2. The summed E-state index contributed by atoms with van der Waals surface area (Å²) in [7, 11) is 0. The van der Waals surface area contributed by atoms with E-state index in [1.807, 2.05) is 0 Å². The molecule has 0 N–H and O–H groups in total. The van der Waals surface area contributed by atoms with Gasteiger partial charge in [0.2, 0.25) is 0 Å². The Kier molecular flexibility index (Phi) is 3.57. The first kappa shape index (κ1) is 11.1. The van der Waals surface area contributed by atoms with Gasteiger partial charge in [-0.3, -0.25) is 4.98 Å². The summed E-state index contributed by atoms with van der Waals surface area (Å²) < 4.78 is 36.6. The van der Waals surface area contributed by atoms with E-state index in [-0.39, 0.29) is 0 Å². The zero-order chi connectivity index (χ0) is 10.6. The van der Waals surface area contributed by atoms with Crippen molar-refractivity contribution in [3.05, 3.63) is 35.7 Å². The average Bonchev–Trinajstić information content (AvgIpc) is 2.14. The Labute approximate surface area is 85.1 Å². The molecule has 14 heavy (non-hydrogen) atoms. The lowest BCUT2D eigenvalue weighted by molar-refractivity contribution is -0.137.